The van der Waals surface area contributed by atoms with Crippen molar-refractivity contribution in [3.05, 3.63) is 22.3 Å². The van der Waals surface area contributed by atoms with Crippen LogP contribution in [0, 0.1) is 52.8 Å². The fourth-order valence-corrected chi connectivity index (χ4v) is 7.96. The Morgan fingerprint density at radius 2 is 1.48 bits per heavy atom. The van der Waals surface area contributed by atoms with Crippen molar-refractivity contribution in [1.82, 2.24) is 0 Å². The molecule has 0 aromatic rings. The topological polar surface area (TPSA) is 0 Å². The number of rotatable bonds is 12. The zero-order valence-electron chi connectivity index (χ0n) is 24.2. The third kappa shape index (κ3) is 6.19. The van der Waals surface area contributed by atoms with Gasteiger partial charge >= 0.3 is 0 Å². The van der Waals surface area contributed by atoms with Gasteiger partial charge in [-0.15, -0.1) is 0 Å². The first-order chi connectivity index (χ1) is 15.5. The largest absolute Gasteiger partial charge is 0.0713 e. The first kappa shape index (κ1) is 27.1. The summed E-state index contributed by atoms with van der Waals surface area (Å²) in [5, 5.41) is 0. The van der Waals surface area contributed by atoms with Crippen LogP contribution in [0.25, 0.3) is 0 Å². The van der Waals surface area contributed by atoms with Crippen LogP contribution in [0.1, 0.15) is 133 Å². The van der Waals surface area contributed by atoms with Crippen molar-refractivity contribution in [2.45, 2.75) is 133 Å². The second kappa shape index (κ2) is 11.0. The molecular formula is C33H58. The summed E-state index contributed by atoms with van der Waals surface area (Å²) >= 11 is 0. The van der Waals surface area contributed by atoms with E-state index in [-0.39, 0.29) is 0 Å². The molecular weight excluding hydrogens is 396 g/mol. The molecule has 3 saturated carbocycles. The first-order valence-corrected chi connectivity index (χ1v) is 14.9. The van der Waals surface area contributed by atoms with Crippen molar-refractivity contribution in [3.8, 4) is 0 Å². The molecule has 3 rings (SSSR count). The second-order valence-corrected chi connectivity index (χ2v) is 13.5. The van der Waals surface area contributed by atoms with Crippen LogP contribution in [0.5, 0.6) is 0 Å². The van der Waals surface area contributed by atoms with Gasteiger partial charge in [0.2, 0.25) is 0 Å². The average molecular weight is 455 g/mol. The molecule has 3 aliphatic rings. The Morgan fingerprint density at radius 3 is 1.94 bits per heavy atom. The van der Waals surface area contributed by atoms with Crippen molar-refractivity contribution >= 4 is 0 Å². The maximum absolute atomic E-state index is 2.70. The monoisotopic (exact) mass is 454 g/mol. The first-order valence-electron chi connectivity index (χ1n) is 14.9. The highest BCUT2D eigenvalue weighted by atomic mass is 14.5. The second-order valence-electron chi connectivity index (χ2n) is 13.5. The Morgan fingerprint density at radius 1 is 0.909 bits per heavy atom. The van der Waals surface area contributed by atoms with Crippen LogP contribution in [0.2, 0.25) is 0 Å². The predicted octanol–water partition coefficient (Wildman–Crippen LogP) is 10.6. The van der Waals surface area contributed by atoms with E-state index in [1.54, 1.807) is 11.1 Å². The molecule has 190 valence electrons. The lowest BCUT2D eigenvalue weighted by Crippen LogP contribution is -2.36. The van der Waals surface area contributed by atoms with Gasteiger partial charge in [-0.05, 0) is 118 Å². The van der Waals surface area contributed by atoms with E-state index in [1.165, 1.54) is 64.2 Å². The van der Waals surface area contributed by atoms with Gasteiger partial charge in [-0.25, -0.2) is 0 Å². The molecule has 0 N–H and O–H groups in total. The maximum Gasteiger partial charge on any atom is -0.0167 e. The molecule has 0 radical (unpaired) electrons. The molecule has 0 amide bonds. The Balaban J connectivity index is 1.84. The molecule has 0 aliphatic heterocycles. The van der Waals surface area contributed by atoms with E-state index < -0.39 is 0 Å². The minimum absolute atomic E-state index is 0.450. The van der Waals surface area contributed by atoms with Gasteiger partial charge in [-0.3, -0.25) is 0 Å². The van der Waals surface area contributed by atoms with Crippen LogP contribution in [0.15, 0.2) is 22.3 Å². The van der Waals surface area contributed by atoms with E-state index in [0.29, 0.717) is 5.41 Å². The molecule has 0 aromatic heterocycles. The Labute approximate surface area is 208 Å². The lowest BCUT2D eigenvalue weighted by molar-refractivity contribution is 0.0655. The molecule has 0 bridgehead atoms. The Bertz CT molecular complexity index is 710. The van der Waals surface area contributed by atoms with Crippen LogP contribution in [-0.2, 0) is 0 Å². The van der Waals surface area contributed by atoms with E-state index in [4.69, 9.17) is 0 Å². The van der Waals surface area contributed by atoms with Crippen molar-refractivity contribution < 1.29 is 0 Å². The van der Waals surface area contributed by atoms with E-state index >= 15 is 0 Å². The van der Waals surface area contributed by atoms with Gasteiger partial charge in [0.15, 0.2) is 0 Å². The number of allylic oxidation sites excluding steroid dienone is 4. The molecule has 0 spiro atoms. The zero-order valence-corrected chi connectivity index (χ0v) is 24.2. The van der Waals surface area contributed by atoms with Crippen LogP contribution in [0.4, 0.5) is 0 Å². The van der Waals surface area contributed by atoms with Gasteiger partial charge in [-0.1, -0.05) is 90.5 Å². The third-order valence-corrected chi connectivity index (χ3v) is 11.5. The van der Waals surface area contributed by atoms with Crippen molar-refractivity contribution in [3.63, 3.8) is 0 Å². The fraction of sp³-hybridized carbons (Fsp3) is 0.879. The molecule has 33 heavy (non-hydrogen) atoms. The van der Waals surface area contributed by atoms with Gasteiger partial charge in [0.05, 0.1) is 0 Å². The van der Waals surface area contributed by atoms with Crippen LogP contribution in [0.3, 0.4) is 0 Å². The molecule has 0 nitrogen and oxygen atoms in total. The summed E-state index contributed by atoms with van der Waals surface area (Å²) in [6, 6.07) is 0. The standard InChI is InChI=1S/C33H58/c1-11-17-33(10,27(9)28(12-2)18-21(3)24(6)29-13-14-29)20-32(26(8)30-15-16-30)31-19-22(4)23(5)25(31)7/h21-23,25,27-28,31-32H,11-20H2,1-10H3. The van der Waals surface area contributed by atoms with Gasteiger partial charge in [0.1, 0.15) is 0 Å². The van der Waals surface area contributed by atoms with E-state index in [2.05, 4.69) is 69.2 Å². The van der Waals surface area contributed by atoms with E-state index in [9.17, 15) is 0 Å². The van der Waals surface area contributed by atoms with E-state index in [0.717, 1.165) is 47.3 Å². The molecule has 0 heterocycles. The molecule has 9 atom stereocenters. The smallest absolute Gasteiger partial charge is 0.0167 e. The van der Waals surface area contributed by atoms with Gasteiger partial charge in [0.25, 0.3) is 0 Å². The lowest BCUT2D eigenvalue weighted by Gasteiger charge is -2.45. The van der Waals surface area contributed by atoms with Crippen LogP contribution >= 0.6 is 0 Å². The van der Waals surface area contributed by atoms with Crippen LogP contribution in [-0.4, -0.2) is 0 Å². The molecule has 0 saturated heterocycles. The van der Waals surface area contributed by atoms with E-state index in [1.807, 2.05) is 11.1 Å². The minimum Gasteiger partial charge on any atom is -0.0713 e. The molecule has 3 fully saturated rings. The summed E-state index contributed by atoms with van der Waals surface area (Å²) in [6.07, 6.45) is 13.9. The third-order valence-electron chi connectivity index (χ3n) is 11.5. The van der Waals surface area contributed by atoms with Crippen molar-refractivity contribution in [2.24, 2.45) is 52.8 Å². The number of hydrogen-bond acceptors (Lipinski definition) is 0. The molecule has 0 heteroatoms. The Hall–Kier alpha value is -0.520. The predicted molar refractivity (Wildman–Crippen MR) is 147 cm³/mol. The summed E-state index contributed by atoms with van der Waals surface area (Å²) in [7, 11) is 0. The van der Waals surface area contributed by atoms with Gasteiger partial charge < -0.3 is 0 Å². The SMILES string of the molecule is CCCC(C)(CC(C(C)=C1CC1)C1CC(C)C(C)C1C)C(C)C(CC)CC(C)C(C)=C1CC1. The quantitative estimate of drug-likeness (QED) is 0.257. The fourth-order valence-electron chi connectivity index (χ4n) is 7.96. The number of hydrogen-bond donors (Lipinski definition) is 0. The normalized spacial score (nSPS) is 32.2. The summed E-state index contributed by atoms with van der Waals surface area (Å²) in [4.78, 5) is 0. The zero-order chi connectivity index (χ0) is 24.5. The lowest BCUT2D eigenvalue weighted by atomic mass is 9.60. The average Bonchev–Trinajstić information content (AvgIpc) is 3.70. The highest BCUT2D eigenvalue weighted by Crippen LogP contribution is 2.54. The van der Waals surface area contributed by atoms with Crippen molar-refractivity contribution in [1.29, 1.82) is 0 Å². The van der Waals surface area contributed by atoms with Crippen molar-refractivity contribution in [2.75, 3.05) is 0 Å². The van der Waals surface area contributed by atoms with Gasteiger partial charge in [-0.2, -0.15) is 0 Å². The van der Waals surface area contributed by atoms with Gasteiger partial charge in [0, 0.05) is 0 Å². The summed E-state index contributed by atoms with van der Waals surface area (Å²) in [5.74, 6) is 6.77. The highest BCUT2D eigenvalue weighted by Gasteiger charge is 2.45. The summed E-state index contributed by atoms with van der Waals surface area (Å²) < 4.78 is 0. The molecule has 9 unspecified atom stereocenters. The maximum atomic E-state index is 2.70. The van der Waals surface area contributed by atoms with Crippen LogP contribution < -0.4 is 0 Å². The highest BCUT2D eigenvalue weighted by molar-refractivity contribution is 5.27. The Kier molecular flexibility index (Phi) is 9.05. The summed E-state index contributed by atoms with van der Waals surface area (Å²) in [5.41, 5.74) is 7.59. The molecule has 0 aromatic carbocycles. The summed E-state index contributed by atoms with van der Waals surface area (Å²) in [6.45, 7) is 25.4. The molecule has 3 aliphatic carbocycles. The minimum atomic E-state index is 0.450.